The van der Waals surface area contributed by atoms with Gasteiger partial charge in [0.05, 0.1) is 30.1 Å². The summed E-state index contributed by atoms with van der Waals surface area (Å²) in [6.45, 7) is -0.0111. The quantitative estimate of drug-likeness (QED) is 0.126. The van der Waals surface area contributed by atoms with E-state index >= 15 is 8.78 Å². The first kappa shape index (κ1) is 30.0. The molecule has 0 atom stereocenters. The van der Waals surface area contributed by atoms with Gasteiger partial charge < -0.3 is 5.32 Å². The fourth-order valence-corrected chi connectivity index (χ4v) is 5.54. The van der Waals surface area contributed by atoms with Gasteiger partial charge in [0, 0.05) is 15.5 Å². The third kappa shape index (κ3) is 7.68. The highest BCUT2D eigenvalue weighted by Crippen LogP contribution is 2.32. The van der Waals surface area contributed by atoms with E-state index in [0.717, 1.165) is 33.6 Å². The van der Waals surface area contributed by atoms with Gasteiger partial charge in [-0.2, -0.15) is 0 Å². The van der Waals surface area contributed by atoms with Crippen molar-refractivity contribution in [2.24, 2.45) is 5.92 Å². The minimum Gasteiger partial charge on any atom is -0.352 e. The van der Waals surface area contributed by atoms with Gasteiger partial charge in [-0.05, 0) is 95.3 Å². The molecule has 0 radical (unpaired) electrons. The summed E-state index contributed by atoms with van der Waals surface area (Å²) in [4.78, 5) is 21.5. The molecule has 1 fully saturated rings. The summed E-state index contributed by atoms with van der Waals surface area (Å²) in [5.41, 5.74) is 4.04. The Kier molecular flexibility index (Phi) is 9.46. The van der Waals surface area contributed by atoms with Gasteiger partial charge >= 0.3 is 0 Å². The minimum atomic E-state index is -4.60. The second-order valence-electron chi connectivity index (χ2n) is 9.89. The van der Waals surface area contributed by atoms with Crippen LogP contribution in [0, 0.1) is 21.1 Å². The van der Waals surface area contributed by atoms with Crippen LogP contribution in [-0.4, -0.2) is 25.9 Å². The molecule has 1 amide bonds. The number of pyridine rings is 1. The van der Waals surface area contributed by atoms with Gasteiger partial charge in [0.1, 0.15) is 4.90 Å². The maximum Gasteiger partial charge on any atom is 0.277 e. The molecule has 0 spiro atoms. The molecule has 1 heterocycles. The van der Waals surface area contributed by atoms with Crippen molar-refractivity contribution < 1.29 is 26.8 Å². The molecule has 0 bridgehead atoms. The molecule has 8 nitrogen and oxygen atoms in total. The first-order chi connectivity index (χ1) is 20.2. The molecule has 12 heteroatoms. The number of hydrogen-bond acceptors (Lipinski definition) is 6. The maximum atomic E-state index is 15.5. The van der Waals surface area contributed by atoms with E-state index in [1.807, 2.05) is 36.4 Å². The highest BCUT2D eigenvalue weighted by atomic mass is 127. The van der Waals surface area contributed by atoms with Crippen molar-refractivity contribution >= 4 is 49.9 Å². The summed E-state index contributed by atoms with van der Waals surface area (Å²) in [5.74, 6) is -3.75. The number of carbonyl (C=O) groups is 1. The molecular formula is C30H27F2IN4O4S. The number of hydrogen-bond donors (Lipinski definition) is 3. The standard InChI is InChI=1S/C30H27F2IN4O4S/c31-27-26(42(39,40)35-17-24-11-8-21(16-34-24)14-19-4-2-1-3-5-19)15-25(30(38)37-41-18-20-6-7-20)29(28(27)32)36-23-12-9-22(33)10-13-23/h1-5,8-13,15-16,20,35-36H,6-7,14,17-18H2,(H,37,38). The smallest absolute Gasteiger partial charge is 0.277 e. The van der Waals surface area contributed by atoms with E-state index in [1.165, 1.54) is 0 Å². The lowest BCUT2D eigenvalue weighted by Gasteiger charge is -2.17. The molecule has 1 saturated carbocycles. The van der Waals surface area contributed by atoms with Crippen LogP contribution in [0.15, 0.2) is 83.9 Å². The number of benzene rings is 3. The Hall–Kier alpha value is -3.46. The number of sulfonamides is 1. The number of aromatic nitrogens is 1. The van der Waals surface area contributed by atoms with E-state index in [9.17, 15) is 13.2 Å². The molecule has 0 saturated heterocycles. The van der Waals surface area contributed by atoms with Gasteiger partial charge in [-0.15, -0.1) is 0 Å². The minimum absolute atomic E-state index is 0.263. The Morgan fingerprint density at radius 1 is 0.976 bits per heavy atom. The van der Waals surface area contributed by atoms with Crippen LogP contribution in [0.1, 0.15) is 40.0 Å². The van der Waals surface area contributed by atoms with Gasteiger partial charge in [0.25, 0.3) is 5.91 Å². The highest BCUT2D eigenvalue weighted by molar-refractivity contribution is 14.1. The molecule has 3 N–H and O–H groups in total. The number of nitrogens with zero attached hydrogens (tertiary/aromatic N) is 1. The van der Waals surface area contributed by atoms with Crippen molar-refractivity contribution in [1.82, 2.24) is 15.2 Å². The van der Waals surface area contributed by atoms with Crippen LogP contribution < -0.4 is 15.5 Å². The molecule has 218 valence electrons. The van der Waals surface area contributed by atoms with Crippen LogP contribution in [-0.2, 0) is 27.8 Å². The number of rotatable bonds is 12. The number of nitrogens with one attached hydrogen (secondary N) is 3. The molecule has 5 rings (SSSR count). The zero-order valence-electron chi connectivity index (χ0n) is 22.2. The predicted molar refractivity (Wildman–Crippen MR) is 162 cm³/mol. The van der Waals surface area contributed by atoms with E-state index in [0.29, 0.717) is 23.7 Å². The van der Waals surface area contributed by atoms with Crippen LogP contribution in [0.4, 0.5) is 20.2 Å². The molecule has 1 aliphatic rings. The van der Waals surface area contributed by atoms with Crippen molar-refractivity contribution in [3.05, 3.63) is 117 Å². The number of amides is 1. The fraction of sp³-hybridized carbons (Fsp3) is 0.200. The second-order valence-corrected chi connectivity index (χ2v) is 12.9. The molecule has 42 heavy (non-hydrogen) atoms. The SMILES string of the molecule is O=C(NOCC1CC1)c1cc(S(=O)(=O)NCc2ccc(Cc3ccccc3)cn2)c(F)c(F)c1Nc1ccc(I)cc1. The number of halogens is 3. The van der Waals surface area contributed by atoms with Gasteiger partial charge in [-0.25, -0.2) is 27.4 Å². The molecule has 0 unspecified atom stereocenters. The van der Waals surface area contributed by atoms with Crippen LogP contribution in [0.5, 0.6) is 0 Å². The lowest BCUT2D eigenvalue weighted by atomic mass is 10.1. The summed E-state index contributed by atoms with van der Waals surface area (Å²) >= 11 is 2.09. The number of anilines is 2. The Labute approximate surface area is 256 Å². The molecule has 0 aliphatic heterocycles. The Bertz CT molecular complexity index is 1670. The highest BCUT2D eigenvalue weighted by Gasteiger charge is 2.30. The van der Waals surface area contributed by atoms with E-state index in [2.05, 4.69) is 43.1 Å². The second kappa shape index (κ2) is 13.2. The average molecular weight is 705 g/mol. The zero-order valence-corrected chi connectivity index (χ0v) is 25.2. The van der Waals surface area contributed by atoms with Crippen molar-refractivity contribution in [1.29, 1.82) is 0 Å². The average Bonchev–Trinajstić information content (AvgIpc) is 3.81. The van der Waals surface area contributed by atoms with Crippen LogP contribution in [0.3, 0.4) is 0 Å². The third-order valence-electron chi connectivity index (χ3n) is 6.58. The summed E-state index contributed by atoms with van der Waals surface area (Å²) in [7, 11) is -4.60. The van der Waals surface area contributed by atoms with Gasteiger partial charge in [-0.1, -0.05) is 36.4 Å². The summed E-state index contributed by atoms with van der Waals surface area (Å²) in [6.07, 6.45) is 4.23. The van der Waals surface area contributed by atoms with Crippen LogP contribution in [0.25, 0.3) is 0 Å². The number of hydroxylamine groups is 1. The van der Waals surface area contributed by atoms with Gasteiger partial charge in [0.2, 0.25) is 10.0 Å². The molecule has 1 aromatic heterocycles. The molecule has 1 aliphatic carbocycles. The molecule has 3 aromatic carbocycles. The fourth-order valence-electron chi connectivity index (χ4n) is 4.08. The normalized spacial score (nSPS) is 13.1. The van der Waals surface area contributed by atoms with Gasteiger partial charge in [-0.3, -0.25) is 14.6 Å². The predicted octanol–water partition coefficient (Wildman–Crippen LogP) is 5.85. The summed E-state index contributed by atoms with van der Waals surface area (Å²) < 4.78 is 60.2. The van der Waals surface area contributed by atoms with Crippen molar-refractivity contribution in [3.63, 3.8) is 0 Å². The summed E-state index contributed by atoms with van der Waals surface area (Å²) in [6, 6.07) is 20.8. The monoisotopic (exact) mass is 704 g/mol. The maximum absolute atomic E-state index is 15.5. The zero-order chi connectivity index (χ0) is 29.7. The lowest BCUT2D eigenvalue weighted by Crippen LogP contribution is -2.28. The third-order valence-corrected chi connectivity index (χ3v) is 8.70. The van der Waals surface area contributed by atoms with E-state index in [1.54, 1.807) is 36.5 Å². The number of carbonyl (C=O) groups excluding carboxylic acids is 1. The first-order valence-electron chi connectivity index (χ1n) is 13.1. The molecular weight excluding hydrogens is 677 g/mol. The summed E-state index contributed by atoms with van der Waals surface area (Å²) in [5, 5.41) is 2.70. The Morgan fingerprint density at radius 2 is 1.71 bits per heavy atom. The van der Waals surface area contributed by atoms with Crippen molar-refractivity contribution in [2.75, 3.05) is 11.9 Å². The van der Waals surface area contributed by atoms with E-state index < -0.39 is 43.7 Å². The van der Waals surface area contributed by atoms with Crippen molar-refractivity contribution in [2.45, 2.75) is 30.7 Å². The largest absolute Gasteiger partial charge is 0.352 e. The van der Waals surface area contributed by atoms with Crippen molar-refractivity contribution in [3.8, 4) is 0 Å². The van der Waals surface area contributed by atoms with Crippen LogP contribution >= 0.6 is 22.6 Å². The Balaban J connectivity index is 1.37. The topological polar surface area (TPSA) is 109 Å². The van der Waals surface area contributed by atoms with E-state index in [-0.39, 0.29) is 13.2 Å². The lowest BCUT2D eigenvalue weighted by molar-refractivity contribution is 0.0270. The van der Waals surface area contributed by atoms with E-state index in [4.69, 9.17) is 4.84 Å². The molecule has 4 aromatic rings. The Morgan fingerprint density at radius 3 is 2.38 bits per heavy atom. The van der Waals surface area contributed by atoms with Gasteiger partial charge in [0.15, 0.2) is 11.6 Å². The van der Waals surface area contributed by atoms with Crippen LogP contribution in [0.2, 0.25) is 0 Å². The first-order valence-corrected chi connectivity index (χ1v) is 15.7.